The number of carbonyl (C=O) groups is 2. The molecule has 3 rings (SSSR count). The molecule has 1 aliphatic heterocycles. The highest BCUT2D eigenvalue weighted by Crippen LogP contribution is 2.28. The first-order valence-corrected chi connectivity index (χ1v) is 8.74. The van der Waals surface area contributed by atoms with Gasteiger partial charge in [0.05, 0.1) is 6.42 Å². The Balaban J connectivity index is 1.65. The summed E-state index contributed by atoms with van der Waals surface area (Å²) < 4.78 is 5.31. The van der Waals surface area contributed by atoms with Crippen molar-refractivity contribution >= 4 is 40.8 Å². The predicted octanol–water partition coefficient (Wildman–Crippen LogP) is 4.06. The number of ether oxygens (including phenoxy) is 1. The Hall–Kier alpha value is -2.04. The molecule has 130 valence electrons. The number of rotatable bonds is 4. The molecular weight excluding hydrogens is 361 g/mol. The van der Waals surface area contributed by atoms with Gasteiger partial charge in [0, 0.05) is 27.8 Å². The molecule has 0 unspecified atom stereocenters. The molecule has 0 saturated carbocycles. The van der Waals surface area contributed by atoms with Crippen LogP contribution in [0.4, 0.5) is 5.69 Å². The van der Waals surface area contributed by atoms with Gasteiger partial charge in [0.2, 0.25) is 0 Å². The van der Waals surface area contributed by atoms with Crippen molar-refractivity contribution in [2.24, 2.45) is 0 Å². The van der Waals surface area contributed by atoms with E-state index in [0.29, 0.717) is 22.2 Å². The Kier molecular flexibility index (Phi) is 5.30. The fourth-order valence-electron chi connectivity index (χ4n) is 2.92. The van der Waals surface area contributed by atoms with Crippen LogP contribution in [0.15, 0.2) is 42.5 Å². The van der Waals surface area contributed by atoms with Gasteiger partial charge in [0.25, 0.3) is 5.91 Å². The number of anilines is 1. The maximum atomic E-state index is 12.6. The summed E-state index contributed by atoms with van der Waals surface area (Å²) in [5, 5.41) is 0.800. The molecule has 0 spiro atoms. The van der Waals surface area contributed by atoms with E-state index >= 15 is 0 Å². The Morgan fingerprint density at radius 3 is 2.52 bits per heavy atom. The summed E-state index contributed by atoms with van der Waals surface area (Å²) in [5.41, 5.74) is 2.50. The molecule has 0 bridgehead atoms. The van der Waals surface area contributed by atoms with Crippen LogP contribution in [-0.2, 0) is 27.2 Å². The topological polar surface area (TPSA) is 46.6 Å². The van der Waals surface area contributed by atoms with E-state index in [4.69, 9.17) is 27.9 Å². The number of hydrogen-bond acceptors (Lipinski definition) is 3. The highest BCUT2D eigenvalue weighted by molar-refractivity contribution is 6.36. The van der Waals surface area contributed by atoms with Crippen molar-refractivity contribution in [3.05, 3.63) is 63.6 Å². The van der Waals surface area contributed by atoms with Crippen molar-refractivity contribution in [3.8, 4) is 0 Å². The number of benzene rings is 2. The van der Waals surface area contributed by atoms with Gasteiger partial charge in [-0.05, 0) is 37.1 Å². The van der Waals surface area contributed by atoms with Crippen LogP contribution >= 0.6 is 23.2 Å². The van der Waals surface area contributed by atoms with Gasteiger partial charge < -0.3 is 9.64 Å². The van der Waals surface area contributed by atoms with Gasteiger partial charge in [-0.2, -0.15) is 0 Å². The highest BCUT2D eigenvalue weighted by atomic mass is 35.5. The first-order chi connectivity index (χ1) is 12.0. The van der Waals surface area contributed by atoms with E-state index in [2.05, 4.69) is 0 Å². The monoisotopic (exact) mass is 377 g/mol. The van der Waals surface area contributed by atoms with Crippen LogP contribution < -0.4 is 4.90 Å². The van der Waals surface area contributed by atoms with E-state index in [9.17, 15) is 9.59 Å². The Bertz CT molecular complexity index is 802. The molecule has 6 heteroatoms. The summed E-state index contributed by atoms with van der Waals surface area (Å²) in [6.45, 7) is 2.17. The zero-order valence-electron chi connectivity index (χ0n) is 13.7. The minimum absolute atomic E-state index is 0.0767. The van der Waals surface area contributed by atoms with Crippen molar-refractivity contribution in [2.45, 2.75) is 25.9 Å². The molecule has 1 atom stereocenters. The molecule has 0 N–H and O–H groups in total. The van der Waals surface area contributed by atoms with Gasteiger partial charge in [0.1, 0.15) is 0 Å². The number of fused-ring (bicyclic) bond motifs is 1. The maximum absolute atomic E-state index is 12.6. The smallest absolute Gasteiger partial charge is 0.311 e. The minimum atomic E-state index is -0.875. The van der Waals surface area contributed by atoms with Gasteiger partial charge in [-0.15, -0.1) is 0 Å². The second-order valence-electron chi connectivity index (χ2n) is 5.88. The van der Waals surface area contributed by atoms with E-state index in [1.54, 1.807) is 30.0 Å². The number of para-hydroxylation sites is 1. The molecular formula is C19H17Cl2NO3. The lowest BCUT2D eigenvalue weighted by molar-refractivity contribution is -0.153. The van der Waals surface area contributed by atoms with Gasteiger partial charge in [-0.25, -0.2) is 0 Å². The Morgan fingerprint density at radius 1 is 1.12 bits per heavy atom. The number of hydrogen-bond donors (Lipinski definition) is 0. The zero-order chi connectivity index (χ0) is 18.0. The van der Waals surface area contributed by atoms with Crippen LogP contribution in [-0.4, -0.2) is 24.5 Å². The third kappa shape index (κ3) is 3.80. The third-order valence-electron chi connectivity index (χ3n) is 4.19. The third-order valence-corrected chi connectivity index (χ3v) is 4.90. The summed E-state index contributed by atoms with van der Waals surface area (Å²) in [7, 11) is 0. The van der Waals surface area contributed by atoms with E-state index < -0.39 is 12.1 Å². The van der Waals surface area contributed by atoms with Crippen LogP contribution in [0, 0.1) is 0 Å². The standard InChI is InChI=1S/C19H17Cl2NO3/c1-12(19(24)22-10-9-13-5-2-3-8-17(13)22)25-18(23)11-14-15(20)6-4-7-16(14)21/h2-8,12H,9-11H2,1H3/t12-/m0/s1. The van der Waals surface area contributed by atoms with Crippen molar-refractivity contribution in [3.63, 3.8) is 0 Å². The molecule has 2 aromatic rings. The quantitative estimate of drug-likeness (QED) is 0.754. The molecule has 0 radical (unpaired) electrons. The fraction of sp³-hybridized carbons (Fsp3) is 0.263. The zero-order valence-corrected chi connectivity index (χ0v) is 15.2. The lowest BCUT2D eigenvalue weighted by Gasteiger charge is -2.21. The molecule has 2 aromatic carbocycles. The lowest BCUT2D eigenvalue weighted by Crippen LogP contribution is -2.39. The van der Waals surface area contributed by atoms with Crippen LogP contribution in [0.25, 0.3) is 0 Å². The van der Waals surface area contributed by atoms with Gasteiger partial charge in [0.15, 0.2) is 6.10 Å². The molecule has 0 fully saturated rings. The molecule has 4 nitrogen and oxygen atoms in total. The molecule has 1 aliphatic rings. The first-order valence-electron chi connectivity index (χ1n) is 7.99. The van der Waals surface area contributed by atoms with Crippen LogP contribution in [0.2, 0.25) is 10.0 Å². The summed E-state index contributed by atoms with van der Waals surface area (Å²) in [6.07, 6.45) is -0.148. The second-order valence-corrected chi connectivity index (χ2v) is 6.69. The minimum Gasteiger partial charge on any atom is -0.452 e. The largest absolute Gasteiger partial charge is 0.452 e. The summed E-state index contributed by atoms with van der Waals surface area (Å²) >= 11 is 12.1. The Morgan fingerprint density at radius 2 is 1.80 bits per heavy atom. The molecule has 25 heavy (non-hydrogen) atoms. The van der Waals surface area contributed by atoms with Gasteiger partial charge >= 0.3 is 5.97 Å². The fourth-order valence-corrected chi connectivity index (χ4v) is 3.45. The second kappa shape index (κ2) is 7.46. The average molecular weight is 378 g/mol. The number of amides is 1. The van der Waals surface area contributed by atoms with E-state index in [0.717, 1.165) is 17.7 Å². The number of halogens is 2. The van der Waals surface area contributed by atoms with Crippen molar-refractivity contribution in [2.75, 3.05) is 11.4 Å². The number of nitrogens with zero attached hydrogens (tertiary/aromatic N) is 1. The van der Waals surface area contributed by atoms with E-state index in [1.807, 2.05) is 24.3 Å². The highest BCUT2D eigenvalue weighted by Gasteiger charge is 2.29. The lowest BCUT2D eigenvalue weighted by atomic mass is 10.1. The summed E-state index contributed by atoms with van der Waals surface area (Å²) in [5.74, 6) is -0.771. The van der Waals surface area contributed by atoms with Crippen molar-refractivity contribution < 1.29 is 14.3 Å². The van der Waals surface area contributed by atoms with E-state index in [1.165, 1.54) is 0 Å². The van der Waals surface area contributed by atoms with Gasteiger partial charge in [-0.3, -0.25) is 9.59 Å². The average Bonchev–Trinajstić information content (AvgIpc) is 3.01. The number of esters is 1. The van der Waals surface area contributed by atoms with Crippen LogP contribution in [0.3, 0.4) is 0 Å². The van der Waals surface area contributed by atoms with Gasteiger partial charge in [-0.1, -0.05) is 47.5 Å². The first kappa shape index (κ1) is 17.8. The molecule has 0 aliphatic carbocycles. The van der Waals surface area contributed by atoms with E-state index in [-0.39, 0.29) is 12.3 Å². The Labute approximate surface area is 156 Å². The molecule has 1 heterocycles. The summed E-state index contributed by atoms with van der Waals surface area (Å²) in [4.78, 5) is 26.5. The number of carbonyl (C=O) groups excluding carboxylic acids is 2. The predicted molar refractivity (Wildman–Crippen MR) is 98.2 cm³/mol. The SMILES string of the molecule is C[C@H](OC(=O)Cc1c(Cl)cccc1Cl)C(=O)N1CCc2ccccc21. The van der Waals surface area contributed by atoms with Crippen molar-refractivity contribution in [1.82, 2.24) is 0 Å². The molecule has 0 aromatic heterocycles. The van der Waals surface area contributed by atoms with Crippen molar-refractivity contribution in [1.29, 1.82) is 0 Å². The maximum Gasteiger partial charge on any atom is 0.311 e. The van der Waals surface area contributed by atoms with Crippen LogP contribution in [0.1, 0.15) is 18.1 Å². The molecule has 1 amide bonds. The normalized spacial score (nSPS) is 14.1. The molecule has 0 saturated heterocycles. The van der Waals surface area contributed by atoms with Crippen LogP contribution in [0.5, 0.6) is 0 Å². The summed E-state index contributed by atoms with van der Waals surface area (Å²) in [6, 6.07) is 12.8.